The van der Waals surface area contributed by atoms with E-state index in [1.807, 2.05) is 43.3 Å². The number of anilines is 2. The van der Waals surface area contributed by atoms with Gasteiger partial charge in [0.15, 0.2) is 0 Å². The highest BCUT2D eigenvalue weighted by Gasteiger charge is 2.16. The third kappa shape index (κ3) is 5.95. The number of carbonyl (C=O) groups excluding carboxylic acids is 2. The summed E-state index contributed by atoms with van der Waals surface area (Å²) < 4.78 is 19.0. The van der Waals surface area contributed by atoms with Crippen LogP contribution in [0, 0.1) is 5.82 Å². The first-order valence-electron chi connectivity index (χ1n) is 8.72. The van der Waals surface area contributed by atoms with Crippen LogP contribution in [-0.4, -0.2) is 44.6 Å². The van der Waals surface area contributed by atoms with Crippen LogP contribution >= 0.6 is 0 Å². The topological polar surface area (TPSA) is 82.7 Å². The maximum atomic E-state index is 13.7. The average molecular weight is 388 g/mol. The third-order valence-electron chi connectivity index (χ3n) is 4.09. The normalized spacial score (nSPS) is 11.6. The molecule has 0 radical (unpaired) electrons. The summed E-state index contributed by atoms with van der Waals surface area (Å²) in [6, 6.07) is 11.1. The van der Waals surface area contributed by atoms with Gasteiger partial charge in [-0.3, -0.25) is 4.79 Å². The molecule has 0 heterocycles. The maximum Gasteiger partial charge on any atom is 0.319 e. The summed E-state index contributed by atoms with van der Waals surface area (Å²) in [5, 5.41) is 7.83. The predicted molar refractivity (Wildman–Crippen MR) is 107 cm³/mol. The number of methoxy groups -OCH3 is 1. The van der Waals surface area contributed by atoms with Crippen molar-refractivity contribution in [2.24, 2.45) is 0 Å². The molecule has 0 aliphatic heterocycles. The zero-order valence-electron chi connectivity index (χ0n) is 16.4. The van der Waals surface area contributed by atoms with Gasteiger partial charge in [0, 0.05) is 19.2 Å². The molecule has 0 spiro atoms. The fourth-order valence-electron chi connectivity index (χ4n) is 2.70. The zero-order valence-corrected chi connectivity index (χ0v) is 16.4. The molecule has 0 aliphatic carbocycles. The molecule has 28 heavy (non-hydrogen) atoms. The van der Waals surface area contributed by atoms with Crippen LogP contribution in [0.25, 0.3) is 0 Å². The van der Waals surface area contributed by atoms with Crippen molar-refractivity contribution >= 4 is 23.3 Å². The van der Waals surface area contributed by atoms with Crippen LogP contribution in [0.4, 0.5) is 20.6 Å². The van der Waals surface area contributed by atoms with Gasteiger partial charge in [-0.1, -0.05) is 12.1 Å². The number of carbonyl (C=O) groups is 2. The Morgan fingerprint density at radius 1 is 1.14 bits per heavy atom. The number of amides is 3. The third-order valence-corrected chi connectivity index (χ3v) is 4.09. The highest BCUT2D eigenvalue weighted by atomic mass is 19.1. The van der Waals surface area contributed by atoms with E-state index in [4.69, 9.17) is 4.74 Å². The fraction of sp³-hybridized carbons (Fsp3) is 0.300. The molecule has 0 saturated carbocycles. The molecular weight excluding hydrogens is 363 g/mol. The lowest BCUT2D eigenvalue weighted by Gasteiger charge is -2.25. The summed E-state index contributed by atoms with van der Waals surface area (Å²) in [6.45, 7) is 1.64. The molecule has 3 N–H and O–H groups in total. The summed E-state index contributed by atoms with van der Waals surface area (Å²) >= 11 is 0. The second-order valence-corrected chi connectivity index (χ2v) is 6.47. The molecule has 150 valence electrons. The Labute approximate surface area is 163 Å². The molecule has 7 nitrogen and oxygen atoms in total. The van der Waals surface area contributed by atoms with Gasteiger partial charge in [0.25, 0.3) is 0 Å². The van der Waals surface area contributed by atoms with E-state index in [9.17, 15) is 14.0 Å². The first kappa shape index (κ1) is 21.2. The van der Waals surface area contributed by atoms with Gasteiger partial charge in [-0.05, 0) is 50.0 Å². The van der Waals surface area contributed by atoms with Gasteiger partial charge in [-0.25, -0.2) is 9.18 Å². The molecule has 3 amide bonds. The second-order valence-electron chi connectivity index (χ2n) is 6.47. The average Bonchev–Trinajstić information content (AvgIpc) is 2.64. The van der Waals surface area contributed by atoms with Crippen molar-refractivity contribution in [1.29, 1.82) is 0 Å². The van der Waals surface area contributed by atoms with Crippen molar-refractivity contribution in [2.75, 3.05) is 38.4 Å². The minimum absolute atomic E-state index is 0.00727. The van der Waals surface area contributed by atoms with Crippen LogP contribution < -0.4 is 20.7 Å². The first-order valence-corrected chi connectivity index (χ1v) is 8.72. The Morgan fingerprint density at radius 3 is 2.54 bits per heavy atom. The molecule has 8 heteroatoms. The number of rotatable bonds is 7. The van der Waals surface area contributed by atoms with Crippen molar-refractivity contribution < 1.29 is 18.7 Å². The highest BCUT2D eigenvalue weighted by Crippen LogP contribution is 2.22. The van der Waals surface area contributed by atoms with Gasteiger partial charge in [0.05, 0.1) is 18.8 Å². The summed E-state index contributed by atoms with van der Waals surface area (Å²) in [7, 11) is 5.44. The van der Waals surface area contributed by atoms with Crippen molar-refractivity contribution in [3.05, 3.63) is 53.8 Å². The van der Waals surface area contributed by atoms with Gasteiger partial charge < -0.3 is 25.6 Å². The van der Waals surface area contributed by atoms with E-state index in [2.05, 4.69) is 16.0 Å². The molecule has 1 unspecified atom stereocenters. The molecule has 1 atom stereocenters. The lowest BCUT2D eigenvalue weighted by atomic mass is 10.1. The Kier molecular flexibility index (Phi) is 7.34. The van der Waals surface area contributed by atoms with Crippen LogP contribution in [0.2, 0.25) is 0 Å². The number of benzene rings is 2. The Balaban J connectivity index is 2.02. The van der Waals surface area contributed by atoms with E-state index < -0.39 is 17.8 Å². The van der Waals surface area contributed by atoms with E-state index in [0.717, 1.165) is 11.3 Å². The molecule has 0 aromatic heterocycles. The number of hydrogen-bond donors (Lipinski definition) is 3. The van der Waals surface area contributed by atoms with Gasteiger partial charge in [0.1, 0.15) is 11.6 Å². The standard InChI is InChI=1S/C20H25FN4O3/c1-13(26)23-18-11-15(8-9-17(18)21)24-20(27)22-12-19(25(2)3)14-6-5-7-16(10-14)28-4/h5-11,19H,12H2,1-4H3,(H,23,26)(H2,22,24,27). The predicted octanol–water partition coefficient (Wildman–Crippen LogP) is 3.22. The highest BCUT2D eigenvalue weighted by molar-refractivity contribution is 5.92. The van der Waals surface area contributed by atoms with Crippen LogP contribution in [-0.2, 0) is 4.79 Å². The first-order chi connectivity index (χ1) is 13.3. The van der Waals surface area contributed by atoms with Crippen LogP contribution in [0.5, 0.6) is 5.75 Å². The minimum atomic E-state index is -0.577. The summed E-state index contributed by atoms with van der Waals surface area (Å²) in [5.74, 6) is -0.231. The summed E-state index contributed by atoms with van der Waals surface area (Å²) in [5.41, 5.74) is 1.37. The van der Waals surface area contributed by atoms with E-state index in [1.165, 1.54) is 25.1 Å². The number of nitrogens with zero attached hydrogens (tertiary/aromatic N) is 1. The van der Waals surface area contributed by atoms with Crippen molar-refractivity contribution in [1.82, 2.24) is 10.2 Å². The van der Waals surface area contributed by atoms with E-state index in [0.29, 0.717) is 12.2 Å². The Bertz CT molecular complexity index is 842. The van der Waals surface area contributed by atoms with E-state index >= 15 is 0 Å². The molecule has 0 aliphatic rings. The van der Waals surface area contributed by atoms with Gasteiger partial charge in [0.2, 0.25) is 5.91 Å². The fourth-order valence-corrected chi connectivity index (χ4v) is 2.70. The van der Waals surface area contributed by atoms with Crippen LogP contribution in [0.15, 0.2) is 42.5 Å². The lowest BCUT2D eigenvalue weighted by Crippen LogP contribution is -2.36. The van der Waals surface area contributed by atoms with Crippen molar-refractivity contribution in [3.63, 3.8) is 0 Å². The van der Waals surface area contributed by atoms with E-state index in [1.54, 1.807) is 7.11 Å². The number of ether oxygens (including phenoxy) is 1. The second kappa shape index (κ2) is 9.70. The maximum absolute atomic E-state index is 13.7. The smallest absolute Gasteiger partial charge is 0.319 e. The SMILES string of the molecule is COc1cccc(C(CNC(=O)Nc2ccc(F)c(NC(C)=O)c2)N(C)C)c1. The van der Waals surface area contributed by atoms with Crippen molar-refractivity contribution in [3.8, 4) is 5.75 Å². The molecule has 2 rings (SSSR count). The van der Waals surface area contributed by atoms with Crippen molar-refractivity contribution in [2.45, 2.75) is 13.0 Å². The Morgan fingerprint density at radius 2 is 1.89 bits per heavy atom. The summed E-state index contributed by atoms with van der Waals surface area (Å²) in [4.78, 5) is 25.4. The molecule has 0 bridgehead atoms. The minimum Gasteiger partial charge on any atom is -0.497 e. The number of hydrogen-bond acceptors (Lipinski definition) is 4. The molecule has 2 aromatic carbocycles. The largest absolute Gasteiger partial charge is 0.497 e. The monoisotopic (exact) mass is 388 g/mol. The molecule has 2 aromatic rings. The lowest BCUT2D eigenvalue weighted by molar-refractivity contribution is -0.114. The molecular formula is C20H25FN4O3. The number of halogens is 1. The van der Waals surface area contributed by atoms with E-state index in [-0.39, 0.29) is 11.7 Å². The number of nitrogens with one attached hydrogen (secondary N) is 3. The zero-order chi connectivity index (χ0) is 20.7. The number of likely N-dealkylation sites (N-methyl/N-ethyl adjacent to an activating group) is 1. The molecule has 0 saturated heterocycles. The van der Waals surface area contributed by atoms with Gasteiger partial charge in [-0.2, -0.15) is 0 Å². The van der Waals surface area contributed by atoms with Crippen LogP contribution in [0.3, 0.4) is 0 Å². The van der Waals surface area contributed by atoms with Crippen LogP contribution in [0.1, 0.15) is 18.5 Å². The quantitative estimate of drug-likeness (QED) is 0.680. The number of urea groups is 1. The van der Waals surface area contributed by atoms with Gasteiger partial charge in [-0.15, -0.1) is 0 Å². The summed E-state index contributed by atoms with van der Waals surface area (Å²) in [6.07, 6.45) is 0. The molecule has 0 fully saturated rings. The van der Waals surface area contributed by atoms with Gasteiger partial charge >= 0.3 is 6.03 Å². The Hall–Kier alpha value is -3.13.